The molecule has 162 valence electrons. The number of hydrogen-bond donors (Lipinski definition) is 1. The summed E-state index contributed by atoms with van der Waals surface area (Å²) in [5.41, 5.74) is 1.78. The zero-order valence-electron chi connectivity index (χ0n) is 16.7. The fraction of sp³-hybridized carbons (Fsp3) is 0.409. The SMILES string of the molecule is O=C(NCCCc1ccc(F)cc1)C1CCN(S(=O)(=O)Cc2cccc(Br)c2)CC1. The second kappa shape index (κ2) is 10.5. The number of aryl methyl sites for hydroxylation is 1. The Morgan fingerprint density at radius 3 is 2.47 bits per heavy atom. The minimum absolute atomic E-state index is 0.0156. The number of hydrogen-bond acceptors (Lipinski definition) is 3. The van der Waals surface area contributed by atoms with Gasteiger partial charge in [0.25, 0.3) is 0 Å². The summed E-state index contributed by atoms with van der Waals surface area (Å²) in [7, 11) is -3.40. The topological polar surface area (TPSA) is 66.5 Å². The zero-order chi connectivity index (χ0) is 21.6. The molecule has 1 fully saturated rings. The van der Waals surface area contributed by atoms with E-state index in [0.29, 0.717) is 32.5 Å². The van der Waals surface area contributed by atoms with E-state index in [9.17, 15) is 17.6 Å². The molecule has 0 aromatic heterocycles. The van der Waals surface area contributed by atoms with Crippen LogP contribution in [-0.2, 0) is 27.0 Å². The van der Waals surface area contributed by atoms with Crippen LogP contribution in [0.1, 0.15) is 30.4 Å². The van der Waals surface area contributed by atoms with Gasteiger partial charge in [-0.05, 0) is 61.1 Å². The van der Waals surface area contributed by atoms with Crippen molar-refractivity contribution in [1.29, 1.82) is 0 Å². The highest BCUT2D eigenvalue weighted by molar-refractivity contribution is 9.10. The Labute approximate surface area is 185 Å². The average Bonchev–Trinajstić information content (AvgIpc) is 2.72. The van der Waals surface area contributed by atoms with Gasteiger partial charge >= 0.3 is 0 Å². The standard InChI is InChI=1S/C22H26BrFN2O3S/c23-20-5-1-3-18(15-20)16-30(28,29)26-13-10-19(11-14-26)22(27)25-12-2-4-17-6-8-21(24)9-7-17/h1,3,5-9,15,19H,2,4,10-14,16H2,(H,25,27). The van der Waals surface area contributed by atoms with Crippen LogP contribution in [0.25, 0.3) is 0 Å². The molecule has 3 rings (SSSR count). The van der Waals surface area contributed by atoms with Gasteiger partial charge in [-0.15, -0.1) is 0 Å². The maximum Gasteiger partial charge on any atom is 0.223 e. The van der Waals surface area contributed by atoms with Crippen molar-refractivity contribution in [2.75, 3.05) is 19.6 Å². The summed E-state index contributed by atoms with van der Waals surface area (Å²) in [5, 5.41) is 2.95. The Balaban J connectivity index is 1.40. The van der Waals surface area contributed by atoms with Crippen molar-refractivity contribution >= 4 is 31.9 Å². The molecule has 0 spiro atoms. The molecule has 1 saturated heterocycles. The first-order valence-electron chi connectivity index (χ1n) is 10.1. The molecule has 1 aliphatic rings. The normalized spacial score (nSPS) is 15.8. The number of amides is 1. The molecule has 1 amide bonds. The molecule has 0 unspecified atom stereocenters. The molecule has 0 atom stereocenters. The van der Waals surface area contributed by atoms with Crippen molar-refractivity contribution in [2.24, 2.45) is 5.92 Å². The van der Waals surface area contributed by atoms with Crippen molar-refractivity contribution in [3.8, 4) is 0 Å². The van der Waals surface area contributed by atoms with Crippen LogP contribution < -0.4 is 5.32 Å². The molecule has 2 aromatic carbocycles. The van der Waals surface area contributed by atoms with Crippen LogP contribution in [0.3, 0.4) is 0 Å². The van der Waals surface area contributed by atoms with E-state index in [-0.39, 0.29) is 23.4 Å². The maximum atomic E-state index is 12.9. The number of benzene rings is 2. The first kappa shape index (κ1) is 22.9. The fourth-order valence-electron chi connectivity index (χ4n) is 3.62. The lowest BCUT2D eigenvalue weighted by Crippen LogP contribution is -2.43. The summed E-state index contributed by atoms with van der Waals surface area (Å²) in [4.78, 5) is 12.4. The molecule has 5 nitrogen and oxygen atoms in total. The average molecular weight is 497 g/mol. The van der Waals surface area contributed by atoms with Crippen LogP contribution in [0.4, 0.5) is 4.39 Å². The number of rotatable bonds is 8. The third-order valence-corrected chi connectivity index (χ3v) is 7.65. The molecule has 1 aliphatic heterocycles. The predicted octanol–water partition coefficient (Wildman–Crippen LogP) is 3.88. The van der Waals surface area contributed by atoms with E-state index in [4.69, 9.17) is 0 Å². The van der Waals surface area contributed by atoms with Gasteiger partial charge in [-0.3, -0.25) is 4.79 Å². The highest BCUT2D eigenvalue weighted by Crippen LogP contribution is 2.23. The van der Waals surface area contributed by atoms with Crippen molar-refractivity contribution < 1.29 is 17.6 Å². The Hall–Kier alpha value is -1.77. The molecule has 0 saturated carbocycles. The van der Waals surface area contributed by atoms with Gasteiger partial charge in [-0.25, -0.2) is 17.1 Å². The van der Waals surface area contributed by atoms with Crippen LogP contribution in [0.2, 0.25) is 0 Å². The summed E-state index contributed by atoms with van der Waals surface area (Å²) in [6.45, 7) is 1.28. The fourth-order valence-corrected chi connectivity index (χ4v) is 5.62. The quantitative estimate of drug-likeness (QED) is 0.563. The third-order valence-electron chi connectivity index (χ3n) is 5.31. The van der Waals surface area contributed by atoms with Gasteiger partial charge in [0.2, 0.25) is 15.9 Å². The predicted molar refractivity (Wildman–Crippen MR) is 119 cm³/mol. The molecule has 1 heterocycles. The number of piperidine rings is 1. The summed E-state index contributed by atoms with van der Waals surface area (Å²) >= 11 is 3.36. The number of carbonyl (C=O) groups excluding carboxylic acids is 1. The van der Waals surface area contributed by atoms with Gasteiger partial charge in [0, 0.05) is 30.0 Å². The summed E-state index contributed by atoms with van der Waals surface area (Å²) in [6.07, 6.45) is 2.60. The van der Waals surface area contributed by atoms with E-state index in [1.807, 2.05) is 18.2 Å². The maximum absolute atomic E-state index is 12.9. The number of carbonyl (C=O) groups is 1. The Bertz CT molecular complexity index is 959. The Morgan fingerprint density at radius 1 is 1.10 bits per heavy atom. The lowest BCUT2D eigenvalue weighted by Gasteiger charge is -2.30. The Kier molecular flexibility index (Phi) is 8.02. The van der Waals surface area contributed by atoms with Crippen LogP contribution in [0.15, 0.2) is 53.0 Å². The number of sulfonamides is 1. The molecule has 0 bridgehead atoms. The Morgan fingerprint density at radius 2 is 1.80 bits per heavy atom. The highest BCUT2D eigenvalue weighted by Gasteiger charge is 2.31. The van der Waals surface area contributed by atoms with Crippen LogP contribution >= 0.6 is 15.9 Å². The second-order valence-electron chi connectivity index (χ2n) is 7.58. The van der Waals surface area contributed by atoms with Crippen molar-refractivity contribution in [3.63, 3.8) is 0 Å². The van der Waals surface area contributed by atoms with Crippen molar-refractivity contribution in [1.82, 2.24) is 9.62 Å². The molecule has 2 aromatic rings. The number of nitrogens with one attached hydrogen (secondary N) is 1. The summed E-state index contributed by atoms with van der Waals surface area (Å²) in [6, 6.07) is 13.7. The zero-order valence-corrected chi connectivity index (χ0v) is 19.1. The van der Waals surface area contributed by atoms with Crippen LogP contribution in [0.5, 0.6) is 0 Å². The first-order chi connectivity index (χ1) is 14.3. The van der Waals surface area contributed by atoms with E-state index in [1.165, 1.54) is 16.4 Å². The molecule has 30 heavy (non-hydrogen) atoms. The van der Waals surface area contributed by atoms with Gasteiger partial charge in [0.15, 0.2) is 0 Å². The molecule has 1 N–H and O–H groups in total. The van der Waals surface area contributed by atoms with E-state index < -0.39 is 10.0 Å². The minimum atomic E-state index is -3.40. The van der Waals surface area contributed by atoms with Gasteiger partial charge in [0.05, 0.1) is 5.75 Å². The van der Waals surface area contributed by atoms with Crippen molar-refractivity contribution in [2.45, 2.75) is 31.4 Å². The molecular formula is C22H26BrFN2O3S. The molecule has 8 heteroatoms. The molecular weight excluding hydrogens is 471 g/mol. The van der Waals surface area contributed by atoms with Gasteiger partial charge < -0.3 is 5.32 Å². The van der Waals surface area contributed by atoms with Gasteiger partial charge in [0.1, 0.15) is 5.82 Å². The van der Waals surface area contributed by atoms with Gasteiger partial charge in [-0.2, -0.15) is 0 Å². The number of halogens is 2. The van der Waals surface area contributed by atoms with E-state index >= 15 is 0 Å². The van der Waals surface area contributed by atoms with Gasteiger partial charge in [-0.1, -0.05) is 40.2 Å². The monoisotopic (exact) mass is 496 g/mol. The summed E-state index contributed by atoms with van der Waals surface area (Å²) < 4.78 is 40.6. The highest BCUT2D eigenvalue weighted by atomic mass is 79.9. The minimum Gasteiger partial charge on any atom is -0.356 e. The lowest BCUT2D eigenvalue weighted by atomic mass is 9.97. The lowest BCUT2D eigenvalue weighted by molar-refractivity contribution is -0.126. The molecule has 0 radical (unpaired) electrons. The largest absolute Gasteiger partial charge is 0.356 e. The van der Waals surface area contributed by atoms with Crippen molar-refractivity contribution in [3.05, 3.63) is 69.9 Å². The molecule has 0 aliphatic carbocycles. The second-order valence-corrected chi connectivity index (χ2v) is 10.5. The van der Waals surface area contributed by atoms with E-state index in [0.717, 1.165) is 28.4 Å². The smallest absolute Gasteiger partial charge is 0.223 e. The third kappa shape index (κ3) is 6.62. The summed E-state index contributed by atoms with van der Waals surface area (Å²) in [5.74, 6) is -0.463. The van der Waals surface area contributed by atoms with Crippen LogP contribution in [0, 0.1) is 11.7 Å². The first-order valence-corrected chi connectivity index (χ1v) is 12.5. The van der Waals surface area contributed by atoms with E-state index in [1.54, 1.807) is 18.2 Å². The number of nitrogens with zero attached hydrogens (tertiary/aromatic N) is 1. The van der Waals surface area contributed by atoms with Crippen LogP contribution in [-0.4, -0.2) is 38.3 Å². The van der Waals surface area contributed by atoms with E-state index in [2.05, 4.69) is 21.2 Å².